The average molecular weight is 498 g/mol. The lowest BCUT2D eigenvalue weighted by Gasteiger charge is -2.24. The minimum absolute atomic E-state index is 0.0283. The number of carboxylic acids is 1. The molecule has 0 radical (unpaired) electrons. The predicted octanol–water partition coefficient (Wildman–Crippen LogP) is -3.56. The number of carbonyl (C=O) groups is 5. The van der Waals surface area contributed by atoms with E-state index >= 15 is 0 Å². The van der Waals surface area contributed by atoms with Crippen LogP contribution in [0.4, 0.5) is 0 Å². The van der Waals surface area contributed by atoms with Gasteiger partial charge in [-0.2, -0.15) is 0 Å². The van der Waals surface area contributed by atoms with E-state index in [2.05, 4.69) is 10.6 Å². The Morgan fingerprint density at radius 2 is 1.49 bits per heavy atom. The molecule has 0 bridgehead atoms. The lowest BCUT2D eigenvalue weighted by atomic mass is 10.0. The van der Waals surface area contributed by atoms with Crippen molar-refractivity contribution < 1.29 is 44.4 Å². The topological polar surface area (TPSA) is 254 Å². The summed E-state index contributed by atoms with van der Waals surface area (Å²) in [5.41, 5.74) is 11.6. The Morgan fingerprint density at radius 1 is 0.943 bits per heavy atom. The molecule has 0 aromatic heterocycles. The number of phenolic OH excluding ortho intramolecular Hbond substituents is 1. The molecule has 14 nitrogen and oxygen atoms in total. The summed E-state index contributed by atoms with van der Waals surface area (Å²) in [6.07, 6.45) is -1.95. The van der Waals surface area contributed by atoms with Crippen LogP contribution in [0.5, 0.6) is 5.75 Å². The number of nitrogens with one attached hydrogen (secondary N) is 3. The first-order chi connectivity index (χ1) is 16.3. The molecule has 0 aliphatic rings. The first kappa shape index (κ1) is 29.3. The third kappa shape index (κ3) is 9.95. The molecule has 11 N–H and O–H groups in total. The van der Waals surface area contributed by atoms with Crippen LogP contribution in [0.1, 0.15) is 25.3 Å². The van der Waals surface area contributed by atoms with E-state index in [1.165, 1.54) is 12.1 Å². The summed E-state index contributed by atoms with van der Waals surface area (Å²) in [7, 11) is 0. The number of aromatic hydroxyl groups is 1. The van der Waals surface area contributed by atoms with Gasteiger partial charge in [-0.05, 0) is 37.5 Å². The van der Waals surface area contributed by atoms with Crippen LogP contribution in [-0.2, 0) is 30.4 Å². The molecule has 4 amide bonds. The number of hydrogen-bond donors (Lipinski definition) is 9. The first-order valence-electron chi connectivity index (χ1n) is 10.6. The molecule has 194 valence electrons. The maximum absolute atomic E-state index is 12.7. The molecule has 0 spiro atoms. The second-order valence-electron chi connectivity index (χ2n) is 7.85. The van der Waals surface area contributed by atoms with Gasteiger partial charge in [-0.15, -0.1) is 0 Å². The van der Waals surface area contributed by atoms with Crippen molar-refractivity contribution >= 4 is 29.6 Å². The zero-order valence-electron chi connectivity index (χ0n) is 19.0. The number of aliphatic hydroxyl groups excluding tert-OH is 2. The van der Waals surface area contributed by atoms with Crippen molar-refractivity contribution in [1.29, 1.82) is 0 Å². The average Bonchev–Trinajstić information content (AvgIpc) is 2.78. The molecule has 35 heavy (non-hydrogen) atoms. The molecule has 0 heterocycles. The van der Waals surface area contributed by atoms with Gasteiger partial charge < -0.3 is 47.8 Å². The number of rotatable bonds is 14. The van der Waals surface area contributed by atoms with Crippen LogP contribution in [0.25, 0.3) is 0 Å². The van der Waals surface area contributed by atoms with Crippen LogP contribution < -0.4 is 27.4 Å². The first-order valence-corrected chi connectivity index (χ1v) is 10.6. The second kappa shape index (κ2) is 13.8. The van der Waals surface area contributed by atoms with E-state index in [1.807, 2.05) is 5.32 Å². The zero-order valence-corrected chi connectivity index (χ0v) is 19.0. The van der Waals surface area contributed by atoms with Gasteiger partial charge in [-0.25, -0.2) is 4.79 Å². The fraction of sp³-hybridized carbons (Fsp3) is 0.476. The van der Waals surface area contributed by atoms with Crippen molar-refractivity contribution in [2.24, 2.45) is 11.5 Å². The molecule has 0 saturated heterocycles. The Labute approximate surface area is 200 Å². The van der Waals surface area contributed by atoms with Crippen LogP contribution >= 0.6 is 0 Å². The maximum atomic E-state index is 12.7. The molecule has 1 aromatic carbocycles. The van der Waals surface area contributed by atoms with Crippen molar-refractivity contribution in [2.45, 2.75) is 56.5 Å². The highest BCUT2D eigenvalue weighted by Crippen LogP contribution is 2.11. The molecule has 14 heteroatoms. The van der Waals surface area contributed by atoms with Gasteiger partial charge in [0.25, 0.3) is 0 Å². The van der Waals surface area contributed by atoms with Crippen molar-refractivity contribution in [3.63, 3.8) is 0 Å². The maximum Gasteiger partial charge on any atom is 0.328 e. The Balaban J connectivity index is 2.89. The number of carbonyl (C=O) groups excluding carboxylic acids is 4. The molecular weight excluding hydrogens is 466 g/mol. The second-order valence-corrected chi connectivity index (χ2v) is 7.85. The number of aliphatic carboxylic acids is 1. The molecule has 5 unspecified atom stereocenters. The molecule has 1 rings (SSSR count). The van der Waals surface area contributed by atoms with Crippen LogP contribution in [-0.4, -0.2) is 86.9 Å². The van der Waals surface area contributed by atoms with Crippen molar-refractivity contribution in [3.8, 4) is 5.75 Å². The van der Waals surface area contributed by atoms with E-state index in [1.54, 1.807) is 12.1 Å². The fourth-order valence-electron chi connectivity index (χ4n) is 2.92. The summed E-state index contributed by atoms with van der Waals surface area (Å²) in [5.74, 6) is -5.09. The minimum Gasteiger partial charge on any atom is -0.508 e. The van der Waals surface area contributed by atoms with Crippen molar-refractivity contribution in [1.82, 2.24) is 16.0 Å². The van der Waals surface area contributed by atoms with Gasteiger partial charge in [0.05, 0.1) is 18.8 Å². The number of nitrogens with two attached hydrogens (primary N) is 2. The Hall–Kier alpha value is -3.75. The van der Waals surface area contributed by atoms with E-state index < -0.39 is 66.5 Å². The molecular formula is C21H31N5O9. The number of phenols is 1. The fourth-order valence-corrected chi connectivity index (χ4v) is 2.92. The van der Waals surface area contributed by atoms with E-state index in [-0.39, 0.29) is 25.0 Å². The largest absolute Gasteiger partial charge is 0.508 e. The number of primary amides is 1. The molecule has 5 atom stereocenters. The normalized spacial score (nSPS) is 15.1. The Bertz CT molecular complexity index is 907. The minimum atomic E-state index is -1.70. The highest BCUT2D eigenvalue weighted by Gasteiger charge is 2.31. The quantitative estimate of drug-likeness (QED) is 0.122. The van der Waals surface area contributed by atoms with Crippen LogP contribution in [0, 0.1) is 0 Å². The molecule has 0 fully saturated rings. The number of amides is 4. The molecule has 0 aliphatic carbocycles. The van der Waals surface area contributed by atoms with Gasteiger partial charge in [-0.3, -0.25) is 19.2 Å². The predicted molar refractivity (Wildman–Crippen MR) is 120 cm³/mol. The van der Waals surface area contributed by atoms with E-state index in [0.29, 0.717) is 5.56 Å². The number of hydrogen-bond acceptors (Lipinski definition) is 9. The van der Waals surface area contributed by atoms with E-state index in [9.17, 15) is 39.3 Å². The molecule has 0 aliphatic heterocycles. The summed E-state index contributed by atoms with van der Waals surface area (Å²) in [5, 5.41) is 43.9. The highest BCUT2D eigenvalue weighted by molar-refractivity contribution is 5.94. The van der Waals surface area contributed by atoms with Crippen molar-refractivity contribution in [2.75, 3.05) is 6.61 Å². The van der Waals surface area contributed by atoms with Gasteiger partial charge in [0.15, 0.2) is 6.04 Å². The third-order valence-electron chi connectivity index (χ3n) is 4.90. The summed E-state index contributed by atoms with van der Waals surface area (Å²) in [6.45, 7) is 0.197. The molecule has 1 aromatic rings. The van der Waals surface area contributed by atoms with Crippen LogP contribution in [0.2, 0.25) is 0 Å². The smallest absolute Gasteiger partial charge is 0.328 e. The summed E-state index contributed by atoms with van der Waals surface area (Å²) in [4.78, 5) is 60.0. The Kier molecular flexibility index (Phi) is 11.6. The number of aliphatic hydroxyl groups is 2. The van der Waals surface area contributed by atoms with Crippen LogP contribution in [0.3, 0.4) is 0 Å². The summed E-state index contributed by atoms with van der Waals surface area (Å²) < 4.78 is 0. The lowest BCUT2D eigenvalue weighted by molar-refractivity contribution is -0.145. The monoisotopic (exact) mass is 497 g/mol. The number of carboxylic acid groups (broad SMARTS) is 1. The van der Waals surface area contributed by atoms with Gasteiger partial charge in [0, 0.05) is 6.42 Å². The Morgan fingerprint density at radius 3 is 1.97 bits per heavy atom. The van der Waals surface area contributed by atoms with Gasteiger partial charge in [0.1, 0.15) is 17.8 Å². The SMILES string of the molecule is CC(O)C(NC(=O)C(CO)NC(=O)C(CCC(N)=O)NC(=O)C(N)Cc1ccc(O)cc1)C(=O)O. The summed E-state index contributed by atoms with van der Waals surface area (Å²) in [6, 6.07) is 0.144. The molecule has 0 saturated carbocycles. The van der Waals surface area contributed by atoms with E-state index in [4.69, 9.17) is 16.6 Å². The lowest BCUT2D eigenvalue weighted by Crippen LogP contribution is -2.59. The van der Waals surface area contributed by atoms with Crippen LogP contribution in [0.15, 0.2) is 24.3 Å². The van der Waals surface area contributed by atoms with Gasteiger partial charge in [0.2, 0.25) is 23.6 Å². The standard InChI is InChI=1S/C21H31N5O9/c1-10(28)17(21(34)35)26-20(33)15(9-27)25-19(32)14(6-7-16(23)30)24-18(31)13(22)8-11-2-4-12(29)5-3-11/h2-5,10,13-15,17,27-29H,6-9,22H2,1H3,(H2,23,30)(H,24,31)(H,25,32)(H,26,33)(H,34,35). The van der Waals surface area contributed by atoms with Gasteiger partial charge >= 0.3 is 5.97 Å². The summed E-state index contributed by atoms with van der Waals surface area (Å²) >= 11 is 0. The van der Waals surface area contributed by atoms with E-state index in [0.717, 1.165) is 6.92 Å². The highest BCUT2D eigenvalue weighted by atomic mass is 16.4. The number of benzene rings is 1. The third-order valence-corrected chi connectivity index (χ3v) is 4.90. The van der Waals surface area contributed by atoms with Gasteiger partial charge in [-0.1, -0.05) is 12.1 Å². The van der Waals surface area contributed by atoms with Crippen molar-refractivity contribution in [3.05, 3.63) is 29.8 Å². The zero-order chi connectivity index (χ0) is 26.7.